The van der Waals surface area contributed by atoms with Crippen LogP contribution in [0.25, 0.3) is 10.8 Å². The first-order valence-electron chi connectivity index (χ1n) is 9.64. The molecule has 0 fully saturated rings. The summed E-state index contributed by atoms with van der Waals surface area (Å²) in [5.74, 6) is -0.250. The number of hydrogen-bond acceptors (Lipinski definition) is 4. The second-order valence-corrected chi connectivity index (χ2v) is 8.69. The van der Waals surface area contributed by atoms with Crippen molar-refractivity contribution in [3.8, 4) is 6.07 Å². The summed E-state index contributed by atoms with van der Waals surface area (Å²) in [5.41, 5.74) is 3.05. The van der Waals surface area contributed by atoms with Crippen molar-refractivity contribution in [2.24, 2.45) is 5.41 Å². The number of hydrogen-bond donors (Lipinski definition) is 1. The molecule has 144 valence electrons. The molecule has 1 aliphatic carbocycles. The quantitative estimate of drug-likeness (QED) is 0.514. The first-order valence-corrected chi connectivity index (χ1v) is 10.5. The lowest BCUT2D eigenvalue weighted by Crippen LogP contribution is -2.37. The highest BCUT2D eigenvalue weighted by molar-refractivity contribution is 7.13. The molecule has 0 bridgehead atoms. The third kappa shape index (κ3) is 2.92. The van der Waals surface area contributed by atoms with E-state index in [1.54, 1.807) is 6.20 Å². The SMILES string of the molecule is C[C@@]1(C(=O)Nc2nccs2)Cc2ccc(C#N)cc2C1c1ccc2ccc#cc2c1. The summed E-state index contributed by atoms with van der Waals surface area (Å²) in [6, 6.07) is 24.2. The molecule has 4 aromatic rings. The first kappa shape index (κ1) is 18.4. The van der Waals surface area contributed by atoms with E-state index in [4.69, 9.17) is 0 Å². The van der Waals surface area contributed by atoms with Crippen LogP contribution in [0.15, 0.2) is 60.1 Å². The summed E-state index contributed by atoms with van der Waals surface area (Å²) in [4.78, 5) is 17.7. The lowest BCUT2D eigenvalue weighted by atomic mass is 9.73. The van der Waals surface area contributed by atoms with E-state index >= 15 is 0 Å². The number of aromatic nitrogens is 1. The van der Waals surface area contributed by atoms with Crippen molar-refractivity contribution in [2.45, 2.75) is 19.3 Å². The molecule has 0 spiro atoms. The first-order chi connectivity index (χ1) is 14.6. The number of thiazole rings is 1. The Morgan fingerprint density at radius 1 is 1.30 bits per heavy atom. The maximum absolute atomic E-state index is 13.5. The van der Waals surface area contributed by atoms with Crippen LogP contribution >= 0.6 is 11.3 Å². The Labute approximate surface area is 178 Å². The Hall–Kier alpha value is -3.67. The molecule has 5 heteroatoms. The van der Waals surface area contributed by atoms with E-state index in [0.29, 0.717) is 17.1 Å². The maximum Gasteiger partial charge on any atom is 0.233 e. The Morgan fingerprint density at radius 3 is 3.00 bits per heavy atom. The third-order valence-electron chi connectivity index (χ3n) is 5.92. The van der Waals surface area contributed by atoms with Gasteiger partial charge >= 0.3 is 0 Å². The highest BCUT2D eigenvalue weighted by atomic mass is 32.1. The van der Waals surface area contributed by atoms with E-state index in [9.17, 15) is 10.1 Å². The molecule has 1 N–H and O–H groups in total. The zero-order valence-corrected chi connectivity index (χ0v) is 17.1. The van der Waals surface area contributed by atoms with Gasteiger partial charge < -0.3 is 5.32 Å². The van der Waals surface area contributed by atoms with E-state index in [0.717, 1.165) is 27.5 Å². The number of amides is 1. The number of nitriles is 1. The van der Waals surface area contributed by atoms with Crippen molar-refractivity contribution < 1.29 is 4.79 Å². The van der Waals surface area contributed by atoms with Crippen molar-refractivity contribution in [2.75, 3.05) is 5.32 Å². The minimum atomic E-state index is -0.714. The van der Waals surface area contributed by atoms with Crippen LogP contribution in [0.2, 0.25) is 0 Å². The number of anilines is 1. The molecule has 1 unspecified atom stereocenters. The average Bonchev–Trinajstić information content (AvgIpc) is 3.38. The van der Waals surface area contributed by atoms with Crippen molar-refractivity contribution in [3.63, 3.8) is 0 Å². The number of nitrogens with zero attached hydrogens (tertiary/aromatic N) is 2. The number of benzene rings is 2. The minimum Gasteiger partial charge on any atom is -0.301 e. The van der Waals surface area contributed by atoms with Crippen LogP contribution in [-0.2, 0) is 11.2 Å². The second-order valence-electron chi connectivity index (χ2n) is 7.79. The van der Waals surface area contributed by atoms with Gasteiger partial charge in [0.1, 0.15) is 0 Å². The van der Waals surface area contributed by atoms with Crippen LogP contribution < -0.4 is 5.32 Å². The van der Waals surface area contributed by atoms with E-state index in [1.165, 1.54) is 11.3 Å². The predicted molar refractivity (Wildman–Crippen MR) is 117 cm³/mol. The van der Waals surface area contributed by atoms with Gasteiger partial charge in [-0.15, -0.1) is 11.3 Å². The van der Waals surface area contributed by atoms with Crippen LogP contribution in [-0.4, -0.2) is 10.9 Å². The fourth-order valence-corrected chi connectivity index (χ4v) is 5.00. The summed E-state index contributed by atoms with van der Waals surface area (Å²) in [5, 5.41) is 16.9. The van der Waals surface area contributed by atoms with Crippen molar-refractivity contribution in [1.82, 2.24) is 4.98 Å². The van der Waals surface area contributed by atoms with Crippen LogP contribution in [0.1, 0.15) is 35.1 Å². The van der Waals surface area contributed by atoms with Crippen LogP contribution in [0.5, 0.6) is 0 Å². The zero-order chi connectivity index (χ0) is 20.7. The molecule has 0 radical (unpaired) electrons. The lowest BCUT2D eigenvalue weighted by molar-refractivity contribution is -0.125. The van der Waals surface area contributed by atoms with Gasteiger partial charge in [0.25, 0.3) is 0 Å². The summed E-state index contributed by atoms with van der Waals surface area (Å²) in [6.07, 6.45) is 2.27. The highest BCUT2D eigenvalue weighted by Gasteiger charge is 2.49. The van der Waals surface area contributed by atoms with E-state index in [-0.39, 0.29) is 11.8 Å². The lowest BCUT2D eigenvalue weighted by Gasteiger charge is -2.31. The molecular formula is C25H17N3OS. The fourth-order valence-electron chi connectivity index (χ4n) is 4.48. The van der Waals surface area contributed by atoms with Crippen LogP contribution in [0.3, 0.4) is 0 Å². The number of carbonyl (C=O) groups excluding carboxylic acids is 1. The largest absolute Gasteiger partial charge is 0.301 e. The van der Waals surface area contributed by atoms with Gasteiger partial charge in [0.2, 0.25) is 5.91 Å². The molecule has 1 heterocycles. The van der Waals surface area contributed by atoms with Crippen LogP contribution in [0.4, 0.5) is 5.13 Å². The average molecular weight is 407 g/mol. The van der Waals surface area contributed by atoms with Crippen molar-refractivity contribution >= 4 is 33.1 Å². The topological polar surface area (TPSA) is 65.8 Å². The molecular weight excluding hydrogens is 390 g/mol. The zero-order valence-electron chi connectivity index (χ0n) is 16.3. The van der Waals surface area contributed by atoms with Gasteiger partial charge in [-0.2, -0.15) is 5.26 Å². The Kier molecular flexibility index (Phi) is 4.28. The van der Waals surface area contributed by atoms with Gasteiger partial charge in [-0.05, 0) is 65.8 Å². The second kappa shape index (κ2) is 6.99. The Morgan fingerprint density at radius 2 is 2.20 bits per heavy atom. The Balaban J connectivity index is 1.65. The van der Waals surface area contributed by atoms with Crippen LogP contribution in [0, 0.1) is 28.9 Å². The van der Waals surface area contributed by atoms with E-state index < -0.39 is 5.41 Å². The molecule has 0 saturated carbocycles. The Bertz CT molecular complexity index is 1310. The summed E-state index contributed by atoms with van der Waals surface area (Å²) < 4.78 is 0. The van der Waals surface area contributed by atoms with Crippen molar-refractivity contribution in [3.05, 3.63) is 94.5 Å². The van der Waals surface area contributed by atoms with Gasteiger partial charge in [0.15, 0.2) is 5.13 Å². The maximum atomic E-state index is 13.5. The van der Waals surface area contributed by atoms with Gasteiger partial charge in [-0.3, -0.25) is 4.79 Å². The molecule has 5 rings (SSSR count). The summed E-state index contributed by atoms with van der Waals surface area (Å²) >= 11 is 1.40. The standard InChI is InChI=1S/C25H17N3OS/c1-25(23(29)28-24-27-10-11-30-24)14-20-7-6-16(15-26)12-21(20)22(25)19-9-8-17-4-2-3-5-18(17)13-19/h2,4,6-13,22H,14H2,1H3,(H,27,28,29)/t22?,25-/m1/s1. The molecule has 4 nitrogen and oxygen atoms in total. The smallest absolute Gasteiger partial charge is 0.233 e. The molecule has 3 aromatic carbocycles. The summed E-state index contributed by atoms with van der Waals surface area (Å²) in [6.45, 7) is 2.00. The molecule has 2 atom stereocenters. The van der Waals surface area contributed by atoms with E-state index in [2.05, 4.69) is 46.7 Å². The number of nitrogens with one attached hydrogen (secondary N) is 1. The molecule has 1 amide bonds. The predicted octanol–water partition coefficient (Wildman–Crippen LogP) is 5.10. The molecule has 0 saturated heterocycles. The normalized spacial score (nSPS) is 19.7. The van der Waals surface area contributed by atoms with Gasteiger partial charge in [-0.25, -0.2) is 4.98 Å². The fraction of sp³-hybridized carbons (Fsp3) is 0.160. The molecule has 1 aliphatic rings. The van der Waals surface area contributed by atoms with Crippen molar-refractivity contribution in [1.29, 1.82) is 5.26 Å². The molecule has 0 aliphatic heterocycles. The molecule has 30 heavy (non-hydrogen) atoms. The van der Waals surface area contributed by atoms with Gasteiger partial charge in [-0.1, -0.05) is 30.3 Å². The van der Waals surface area contributed by atoms with E-state index in [1.807, 2.05) is 42.6 Å². The highest BCUT2D eigenvalue weighted by Crippen LogP contribution is 2.51. The molecule has 1 aromatic heterocycles. The number of fused-ring (bicyclic) bond motifs is 2. The van der Waals surface area contributed by atoms with Gasteiger partial charge in [0, 0.05) is 22.9 Å². The number of rotatable bonds is 3. The monoisotopic (exact) mass is 407 g/mol. The van der Waals surface area contributed by atoms with Gasteiger partial charge in [0.05, 0.1) is 17.0 Å². The minimum absolute atomic E-state index is 0.0686. The number of carbonyl (C=O) groups is 1. The summed E-state index contributed by atoms with van der Waals surface area (Å²) in [7, 11) is 0. The third-order valence-corrected chi connectivity index (χ3v) is 6.60.